The maximum absolute atomic E-state index is 9.04. The van der Waals surface area contributed by atoms with Crippen molar-refractivity contribution in [3.63, 3.8) is 0 Å². The molecule has 0 bridgehead atoms. The molecule has 0 aromatic carbocycles. The summed E-state index contributed by atoms with van der Waals surface area (Å²) in [6, 6.07) is 4.28. The standard InChI is InChI=1S/C14H21N5/c1-3-7-19(13-5-4-6-16-10-13)14-17-11(2)8-12(9-15)18-14/h8,13,16H,3-7,10H2,1-2H3. The molecule has 1 aliphatic rings. The molecule has 0 saturated carbocycles. The third kappa shape index (κ3) is 3.42. The first-order chi connectivity index (χ1) is 9.24. The molecule has 1 aromatic heterocycles. The number of nitrogens with one attached hydrogen (secondary N) is 1. The van der Waals surface area contributed by atoms with Crippen LogP contribution in [0.3, 0.4) is 0 Å². The van der Waals surface area contributed by atoms with E-state index in [4.69, 9.17) is 5.26 Å². The molecule has 1 atom stereocenters. The van der Waals surface area contributed by atoms with Crippen LogP contribution in [-0.4, -0.2) is 35.6 Å². The molecule has 1 aromatic rings. The minimum absolute atomic E-state index is 0.432. The van der Waals surface area contributed by atoms with Crippen LogP contribution in [0.1, 0.15) is 37.6 Å². The van der Waals surface area contributed by atoms with Gasteiger partial charge in [-0.05, 0) is 38.8 Å². The molecule has 0 radical (unpaired) electrons. The molecule has 2 heterocycles. The second kappa shape index (κ2) is 6.48. The Hall–Kier alpha value is -1.67. The van der Waals surface area contributed by atoms with Gasteiger partial charge in [0, 0.05) is 24.8 Å². The Morgan fingerprint density at radius 2 is 2.37 bits per heavy atom. The van der Waals surface area contributed by atoms with E-state index in [2.05, 4.69) is 33.2 Å². The minimum atomic E-state index is 0.432. The molecule has 1 aliphatic heterocycles. The predicted molar refractivity (Wildman–Crippen MR) is 75.0 cm³/mol. The van der Waals surface area contributed by atoms with E-state index in [1.165, 1.54) is 6.42 Å². The Balaban J connectivity index is 2.27. The van der Waals surface area contributed by atoms with Crippen LogP contribution in [0.2, 0.25) is 0 Å². The molecule has 5 nitrogen and oxygen atoms in total. The van der Waals surface area contributed by atoms with Gasteiger partial charge in [-0.2, -0.15) is 5.26 Å². The van der Waals surface area contributed by atoms with Gasteiger partial charge >= 0.3 is 0 Å². The molecule has 19 heavy (non-hydrogen) atoms. The maximum Gasteiger partial charge on any atom is 0.227 e. The van der Waals surface area contributed by atoms with E-state index in [9.17, 15) is 0 Å². The fraction of sp³-hybridized carbons (Fsp3) is 0.643. The van der Waals surface area contributed by atoms with Crippen molar-refractivity contribution >= 4 is 5.95 Å². The molecule has 102 valence electrons. The number of aromatic nitrogens is 2. The van der Waals surface area contributed by atoms with Crippen LogP contribution >= 0.6 is 0 Å². The van der Waals surface area contributed by atoms with Crippen molar-refractivity contribution in [2.75, 3.05) is 24.5 Å². The molecular formula is C14H21N5. The first-order valence-electron chi connectivity index (χ1n) is 6.97. The summed E-state index contributed by atoms with van der Waals surface area (Å²) in [5.74, 6) is 0.701. The van der Waals surface area contributed by atoms with E-state index < -0.39 is 0 Å². The van der Waals surface area contributed by atoms with Gasteiger partial charge in [0.05, 0.1) is 0 Å². The second-order valence-electron chi connectivity index (χ2n) is 5.00. The number of hydrogen-bond donors (Lipinski definition) is 1. The van der Waals surface area contributed by atoms with Crippen LogP contribution in [0, 0.1) is 18.3 Å². The summed E-state index contributed by atoms with van der Waals surface area (Å²) in [7, 11) is 0. The molecule has 1 fully saturated rings. The Labute approximate surface area is 114 Å². The highest BCUT2D eigenvalue weighted by molar-refractivity contribution is 5.37. The van der Waals surface area contributed by atoms with Crippen molar-refractivity contribution < 1.29 is 0 Å². The lowest BCUT2D eigenvalue weighted by Gasteiger charge is -2.34. The average Bonchev–Trinajstić information content (AvgIpc) is 2.45. The number of anilines is 1. The van der Waals surface area contributed by atoms with Crippen molar-refractivity contribution in [1.82, 2.24) is 15.3 Å². The summed E-state index contributed by atoms with van der Waals surface area (Å²) in [5.41, 5.74) is 1.30. The third-order valence-corrected chi connectivity index (χ3v) is 3.39. The van der Waals surface area contributed by atoms with Gasteiger partial charge in [-0.25, -0.2) is 9.97 Å². The van der Waals surface area contributed by atoms with Gasteiger partial charge in [-0.3, -0.25) is 0 Å². The summed E-state index contributed by atoms with van der Waals surface area (Å²) in [4.78, 5) is 11.1. The Morgan fingerprint density at radius 1 is 1.53 bits per heavy atom. The zero-order chi connectivity index (χ0) is 13.7. The van der Waals surface area contributed by atoms with Crippen LogP contribution in [0.5, 0.6) is 0 Å². The SMILES string of the molecule is CCCN(c1nc(C)cc(C#N)n1)C1CCCNC1. The lowest BCUT2D eigenvalue weighted by molar-refractivity contribution is 0.426. The van der Waals surface area contributed by atoms with E-state index in [0.29, 0.717) is 17.7 Å². The first kappa shape index (κ1) is 13.8. The molecule has 0 aliphatic carbocycles. The Kier molecular flexibility index (Phi) is 4.69. The van der Waals surface area contributed by atoms with E-state index in [1.54, 1.807) is 6.07 Å². The molecule has 5 heteroatoms. The molecule has 1 N–H and O–H groups in total. The second-order valence-corrected chi connectivity index (χ2v) is 5.00. The van der Waals surface area contributed by atoms with Crippen molar-refractivity contribution in [3.05, 3.63) is 17.5 Å². The number of rotatable bonds is 4. The number of nitriles is 1. The van der Waals surface area contributed by atoms with Gasteiger partial charge in [0.25, 0.3) is 0 Å². The number of nitrogens with zero attached hydrogens (tertiary/aromatic N) is 4. The van der Waals surface area contributed by atoms with Crippen LogP contribution < -0.4 is 10.2 Å². The monoisotopic (exact) mass is 259 g/mol. The normalized spacial score (nSPS) is 18.9. The van der Waals surface area contributed by atoms with Gasteiger partial charge < -0.3 is 10.2 Å². The van der Waals surface area contributed by atoms with Crippen molar-refractivity contribution in [2.45, 2.75) is 39.2 Å². The third-order valence-electron chi connectivity index (χ3n) is 3.39. The summed E-state index contributed by atoms with van der Waals surface area (Å²) in [6.45, 7) is 7.06. The first-order valence-corrected chi connectivity index (χ1v) is 6.97. The highest BCUT2D eigenvalue weighted by atomic mass is 15.3. The topological polar surface area (TPSA) is 64.8 Å². The summed E-state index contributed by atoms with van der Waals surface area (Å²) >= 11 is 0. The van der Waals surface area contributed by atoms with Crippen LogP contribution in [0.25, 0.3) is 0 Å². The predicted octanol–water partition coefficient (Wildman–Crippen LogP) is 1.63. The summed E-state index contributed by atoms with van der Waals surface area (Å²) in [6.07, 6.45) is 3.39. The van der Waals surface area contributed by atoms with E-state index in [1.807, 2.05) is 6.92 Å². The van der Waals surface area contributed by atoms with E-state index in [-0.39, 0.29) is 0 Å². The van der Waals surface area contributed by atoms with Crippen molar-refractivity contribution in [3.8, 4) is 6.07 Å². The summed E-state index contributed by atoms with van der Waals surface area (Å²) < 4.78 is 0. The average molecular weight is 259 g/mol. The molecule has 0 amide bonds. The summed E-state index contributed by atoms with van der Waals surface area (Å²) in [5, 5.41) is 12.5. The maximum atomic E-state index is 9.04. The highest BCUT2D eigenvalue weighted by Gasteiger charge is 2.23. The van der Waals surface area contributed by atoms with Crippen LogP contribution in [0.15, 0.2) is 6.07 Å². The number of piperidine rings is 1. The Morgan fingerprint density at radius 3 is 3.00 bits per heavy atom. The molecule has 1 unspecified atom stereocenters. The minimum Gasteiger partial charge on any atom is -0.337 e. The molecule has 2 rings (SSSR count). The molecule has 0 spiro atoms. The van der Waals surface area contributed by atoms with Gasteiger partial charge in [-0.1, -0.05) is 6.92 Å². The fourth-order valence-electron chi connectivity index (χ4n) is 2.52. The lowest BCUT2D eigenvalue weighted by Crippen LogP contribution is -2.47. The van der Waals surface area contributed by atoms with Crippen LogP contribution in [-0.2, 0) is 0 Å². The number of hydrogen-bond acceptors (Lipinski definition) is 5. The molecule has 1 saturated heterocycles. The van der Waals surface area contributed by atoms with Crippen molar-refractivity contribution in [1.29, 1.82) is 5.26 Å². The quantitative estimate of drug-likeness (QED) is 0.890. The lowest BCUT2D eigenvalue weighted by atomic mass is 10.1. The van der Waals surface area contributed by atoms with Gasteiger partial charge in [0.15, 0.2) is 0 Å². The fourth-order valence-corrected chi connectivity index (χ4v) is 2.52. The van der Waals surface area contributed by atoms with E-state index >= 15 is 0 Å². The molecular weight excluding hydrogens is 238 g/mol. The highest BCUT2D eigenvalue weighted by Crippen LogP contribution is 2.18. The van der Waals surface area contributed by atoms with Gasteiger partial charge in [0.1, 0.15) is 11.8 Å². The van der Waals surface area contributed by atoms with Crippen LogP contribution in [0.4, 0.5) is 5.95 Å². The number of aryl methyl sites for hydroxylation is 1. The smallest absolute Gasteiger partial charge is 0.227 e. The zero-order valence-electron chi connectivity index (χ0n) is 11.7. The van der Waals surface area contributed by atoms with E-state index in [0.717, 1.165) is 38.2 Å². The largest absolute Gasteiger partial charge is 0.337 e. The van der Waals surface area contributed by atoms with Gasteiger partial charge in [-0.15, -0.1) is 0 Å². The zero-order valence-corrected chi connectivity index (χ0v) is 11.7. The Bertz CT molecular complexity index is 459. The van der Waals surface area contributed by atoms with Crippen molar-refractivity contribution in [2.24, 2.45) is 0 Å². The van der Waals surface area contributed by atoms with Gasteiger partial charge in [0.2, 0.25) is 5.95 Å².